The fourth-order valence-electron chi connectivity index (χ4n) is 4.00. The van der Waals surface area contributed by atoms with Crippen LogP contribution in [0.4, 0.5) is 0 Å². The van der Waals surface area contributed by atoms with Crippen molar-refractivity contribution in [3.8, 4) is 0 Å². The Morgan fingerprint density at radius 3 is 2.62 bits per heavy atom. The highest BCUT2D eigenvalue weighted by Crippen LogP contribution is 2.43. The number of nitrogens with zero attached hydrogens (tertiary/aromatic N) is 1. The minimum Gasteiger partial charge on any atom is -0.378 e. The number of allylic oxidation sites excluding steroid dienone is 2. The van der Waals surface area contributed by atoms with Gasteiger partial charge in [-0.25, -0.2) is 0 Å². The van der Waals surface area contributed by atoms with E-state index in [1.165, 1.54) is 12.8 Å². The Bertz CT molecular complexity index is 402. The third kappa shape index (κ3) is 3.32. The molecule has 1 aliphatic heterocycles. The third-order valence-electron chi connectivity index (χ3n) is 5.27. The number of carbonyl (C=O) groups excluding carboxylic acids is 1. The number of fused-ring (bicyclic) bond motifs is 2. The quantitative estimate of drug-likeness (QED) is 0.784. The van der Waals surface area contributed by atoms with Crippen LogP contribution in [0.5, 0.6) is 0 Å². The molecule has 118 valence electrons. The van der Waals surface area contributed by atoms with E-state index in [1.54, 1.807) is 0 Å². The van der Waals surface area contributed by atoms with E-state index < -0.39 is 0 Å². The summed E-state index contributed by atoms with van der Waals surface area (Å²) in [6.45, 7) is 8.07. The first-order chi connectivity index (χ1) is 10.1. The molecule has 0 aromatic rings. The average Bonchev–Trinajstić information content (AvgIpc) is 3.10. The second-order valence-corrected chi connectivity index (χ2v) is 7.11. The van der Waals surface area contributed by atoms with Crippen molar-refractivity contribution in [3.63, 3.8) is 0 Å². The van der Waals surface area contributed by atoms with Gasteiger partial charge in [-0.3, -0.25) is 4.79 Å². The van der Waals surface area contributed by atoms with Gasteiger partial charge in [0, 0.05) is 13.1 Å². The SMILES string of the molecule is CC(C)C(NCC1CC2C=CC1C2)C(=O)N1CCOCC1. The third-order valence-corrected chi connectivity index (χ3v) is 5.27. The lowest BCUT2D eigenvalue weighted by atomic mass is 9.92. The van der Waals surface area contributed by atoms with Crippen LogP contribution in [0.15, 0.2) is 12.2 Å². The molecule has 2 bridgehead atoms. The van der Waals surface area contributed by atoms with Gasteiger partial charge >= 0.3 is 0 Å². The zero-order valence-electron chi connectivity index (χ0n) is 13.3. The second kappa shape index (κ2) is 6.49. The topological polar surface area (TPSA) is 41.6 Å². The first-order valence-electron chi connectivity index (χ1n) is 8.43. The molecule has 4 nitrogen and oxygen atoms in total. The zero-order chi connectivity index (χ0) is 14.8. The van der Waals surface area contributed by atoms with Crippen LogP contribution in [-0.2, 0) is 9.53 Å². The van der Waals surface area contributed by atoms with Gasteiger partial charge in [-0.15, -0.1) is 0 Å². The van der Waals surface area contributed by atoms with E-state index in [1.807, 2.05) is 4.90 Å². The van der Waals surface area contributed by atoms with E-state index in [4.69, 9.17) is 4.74 Å². The minimum absolute atomic E-state index is 0.0498. The molecule has 3 aliphatic rings. The highest BCUT2D eigenvalue weighted by atomic mass is 16.5. The summed E-state index contributed by atoms with van der Waals surface area (Å²) in [5, 5.41) is 3.58. The predicted octanol–water partition coefficient (Wildman–Crippen LogP) is 1.67. The number of morpholine rings is 1. The van der Waals surface area contributed by atoms with E-state index in [9.17, 15) is 4.79 Å². The van der Waals surface area contributed by atoms with Crippen molar-refractivity contribution in [2.24, 2.45) is 23.7 Å². The van der Waals surface area contributed by atoms with Crippen molar-refractivity contribution in [1.29, 1.82) is 0 Å². The van der Waals surface area contributed by atoms with Gasteiger partial charge in [0.15, 0.2) is 0 Å². The normalized spacial score (nSPS) is 32.9. The molecule has 1 heterocycles. The number of ether oxygens (including phenoxy) is 1. The fraction of sp³-hybridized carbons (Fsp3) is 0.824. The van der Waals surface area contributed by atoms with Crippen molar-refractivity contribution in [2.45, 2.75) is 32.7 Å². The molecule has 0 spiro atoms. The number of hydrogen-bond donors (Lipinski definition) is 1. The van der Waals surface area contributed by atoms with E-state index in [0.29, 0.717) is 19.1 Å². The van der Waals surface area contributed by atoms with E-state index in [-0.39, 0.29) is 11.9 Å². The van der Waals surface area contributed by atoms with Gasteiger partial charge < -0.3 is 15.0 Å². The highest BCUT2D eigenvalue weighted by molar-refractivity contribution is 5.82. The number of hydrogen-bond acceptors (Lipinski definition) is 3. The Kier molecular flexibility index (Phi) is 4.65. The predicted molar refractivity (Wildman–Crippen MR) is 82.9 cm³/mol. The Labute approximate surface area is 127 Å². The molecular weight excluding hydrogens is 264 g/mol. The number of amides is 1. The molecule has 21 heavy (non-hydrogen) atoms. The van der Waals surface area contributed by atoms with Gasteiger partial charge in [0.1, 0.15) is 0 Å². The van der Waals surface area contributed by atoms with Crippen LogP contribution >= 0.6 is 0 Å². The van der Waals surface area contributed by atoms with E-state index >= 15 is 0 Å². The van der Waals surface area contributed by atoms with Crippen molar-refractivity contribution in [2.75, 3.05) is 32.8 Å². The highest BCUT2D eigenvalue weighted by Gasteiger charge is 2.36. The summed E-state index contributed by atoms with van der Waals surface area (Å²) in [5.74, 6) is 2.85. The van der Waals surface area contributed by atoms with Gasteiger partial charge in [-0.05, 0) is 43.1 Å². The first kappa shape index (κ1) is 15.0. The van der Waals surface area contributed by atoms with E-state index in [2.05, 4.69) is 31.3 Å². The summed E-state index contributed by atoms with van der Waals surface area (Å²) in [4.78, 5) is 14.7. The maximum absolute atomic E-state index is 12.7. The van der Waals surface area contributed by atoms with Crippen LogP contribution in [0, 0.1) is 23.7 Å². The fourth-order valence-corrected chi connectivity index (χ4v) is 4.00. The minimum atomic E-state index is -0.0498. The molecule has 0 aromatic carbocycles. The van der Waals surface area contributed by atoms with Gasteiger partial charge in [0.2, 0.25) is 5.91 Å². The Morgan fingerprint density at radius 1 is 1.29 bits per heavy atom. The van der Waals surface area contributed by atoms with Crippen molar-refractivity contribution >= 4 is 5.91 Å². The van der Waals surface area contributed by atoms with E-state index in [0.717, 1.165) is 37.4 Å². The van der Waals surface area contributed by atoms with Crippen LogP contribution in [0.25, 0.3) is 0 Å². The molecule has 1 N–H and O–H groups in total. The summed E-state index contributed by atoms with van der Waals surface area (Å²) in [7, 11) is 0. The lowest BCUT2D eigenvalue weighted by Gasteiger charge is -2.33. The molecule has 4 atom stereocenters. The van der Waals surface area contributed by atoms with Crippen LogP contribution in [0.1, 0.15) is 26.7 Å². The summed E-state index contributed by atoms with van der Waals surface area (Å²) in [5.41, 5.74) is 0. The summed E-state index contributed by atoms with van der Waals surface area (Å²) in [6, 6.07) is -0.0498. The largest absolute Gasteiger partial charge is 0.378 e. The number of rotatable bonds is 5. The molecule has 0 radical (unpaired) electrons. The molecule has 2 aliphatic carbocycles. The number of nitrogens with one attached hydrogen (secondary N) is 1. The molecular formula is C17H28N2O2. The monoisotopic (exact) mass is 292 g/mol. The molecule has 1 saturated heterocycles. The lowest BCUT2D eigenvalue weighted by molar-refractivity contribution is -0.138. The van der Waals surface area contributed by atoms with Crippen LogP contribution in [0.3, 0.4) is 0 Å². The Balaban J connectivity index is 1.54. The summed E-state index contributed by atoms with van der Waals surface area (Å²) >= 11 is 0. The number of carbonyl (C=O) groups is 1. The average molecular weight is 292 g/mol. The first-order valence-corrected chi connectivity index (χ1v) is 8.43. The maximum atomic E-state index is 12.7. The molecule has 4 heteroatoms. The molecule has 2 fully saturated rings. The molecule has 3 rings (SSSR count). The summed E-state index contributed by atoms with van der Waals surface area (Å²) in [6.07, 6.45) is 7.38. The van der Waals surface area contributed by atoms with Crippen LogP contribution < -0.4 is 5.32 Å². The van der Waals surface area contributed by atoms with Crippen molar-refractivity contribution < 1.29 is 9.53 Å². The maximum Gasteiger partial charge on any atom is 0.240 e. The molecule has 0 aromatic heterocycles. The summed E-state index contributed by atoms with van der Waals surface area (Å²) < 4.78 is 5.34. The zero-order valence-corrected chi connectivity index (χ0v) is 13.3. The standard InChI is InChI=1S/C17H28N2O2/c1-12(2)16(17(20)19-5-7-21-8-6-19)18-11-15-10-13-3-4-14(15)9-13/h3-4,12-16,18H,5-11H2,1-2H3. The van der Waals surface area contributed by atoms with Gasteiger partial charge in [-0.1, -0.05) is 26.0 Å². The molecule has 1 amide bonds. The molecule has 4 unspecified atom stereocenters. The Hall–Kier alpha value is -0.870. The van der Waals surface area contributed by atoms with Gasteiger partial charge in [-0.2, -0.15) is 0 Å². The smallest absolute Gasteiger partial charge is 0.240 e. The lowest BCUT2D eigenvalue weighted by Crippen LogP contribution is -2.53. The van der Waals surface area contributed by atoms with Crippen LogP contribution in [0.2, 0.25) is 0 Å². The van der Waals surface area contributed by atoms with Crippen LogP contribution in [-0.4, -0.2) is 49.7 Å². The second-order valence-electron chi connectivity index (χ2n) is 7.11. The van der Waals surface area contributed by atoms with Crippen molar-refractivity contribution in [1.82, 2.24) is 10.2 Å². The van der Waals surface area contributed by atoms with Gasteiger partial charge in [0.25, 0.3) is 0 Å². The van der Waals surface area contributed by atoms with Crippen molar-refractivity contribution in [3.05, 3.63) is 12.2 Å². The Morgan fingerprint density at radius 2 is 2.05 bits per heavy atom. The molecule has 1 saturated carbocycles. The van der Waals surface area contributed by atoms with Gasteiger partial charge in [0.05, 0.1) is 19.3 Å².